The monoisotopic (exact) mass is 358 g/mol. The molecule has 0 saturated heterocycles. The number of nitrogens with one attached hydrogen (secondary N) is 3. The number of halogens is 3. The predicted molar refractivity (Wildman–Crippen MR) is 81.7 cm³/mol. The molecule has 1 aromatic carbocycles. The van der Waals surface area contributed by atoms with Crippen molar-refractivity contribution in [3.63, 3.8) is 0 Å². The van der Waals surface area contributed by atoms with Crippen LogP contribution < -0.4 is 10.9 Å². The summed E-state index contributed by atoms with van der Waals surface area (Å²) in [5.74, 6) is -0.406. The molecule has 1 amide bonds. The van der Waals surface area contributed by atoms with Gasteiger partial charge in [-0.05, 0) is 29.9 Å². The SMILES string of the molecule is O=C(CCc1n[nH]c(=S)[nH]c1=O)NCc1cccc(C(F)(F)F)c1. The van der Waals surface area contributed by atoms with E-state index in [1.54, 1.807) is 0 Å². The lowest BCUT2D eigenvalue weighted by Crippen LogP contribution is -2.25. The molecule has 6 nitrogen and oxygen atoms in total. The van der Waals surface area contributed by atoms with Gasteiger partial charge in [0.25, 0.3) is 5.56 Å². The summed E-state index contributed by atoms with van der Waals surface area (Å²) in [6.07, 6.45) is -4.38. The number of carbonyl (C=O) groups is 1. The number of benzene rings is 1. The van der Waals surface area contributed by atoms with E-state index in [1.165, 1.54) is 12.1 Å². The van der Waals surface area contributed by atoms with Crippen molar-refractivity contribution >= 4 is 18.1 Å². The van der Waals surface area contributed by atoms with E-state index in [2.05, 4.69) is 20.5 Å². The summed E-state index contributed by atoms with van der Waals surface area (Å²) < 4.78 is 37.9. The minimum Gasteiger partial charge on any atom is -0.352 e. The highest BCUT2D eigenvalue weighted by Crippen LogP contribution is 2.29. The molecule has 0 radical (unpaired) electrons. The number of carbonyl (C=O) groups excluding carboxylic acids is 1. The second kappa shape index (κ2) is 7.39. The number of aromatic amines is 2. The zero-order chi connectivity index (χ0) is 17.7. The largest absolute Gasteiger partial charge is 0.416 e. The van der Waals surface area contributed by atoms with Crippen LogP contribution in [0.3, 0.4) is 0 Å². The first-order valence-corrected chi connectivity index (χ1v) is 7.27. The normalized spacial score (nSPS) is 11.3. The summed E-state index contributed by atoms with van der Waals surface area (Å²) >= 11 is 4.69. The van der Waals surface area contributed by atoms with Crippen LogP contribution in [0, 0.1) is 4.77 Å². The van der Waals surface area contributed by atoms with Gasteiger partial charge in [0.05, 0.1) is 5.56 Å². The molecule has 0 bridgehead atoms. The average Bonchev–Trinajstić information content (AvgIpc) is 2.51. The number of hydrogen-bond donors (Lipinski definition) is 3. The Bertz CT molecular complexity index is 845. The van der Waals surface area contributed by atoms with Crippen molar-refractivity contribution in [2.75, 3.05) is 0 Å². The summed E-state index contributed by atoms with van der Waals surface area (Å²) in [4.78, 5) is 25.6. The maximum atomic E-state index is 12.6. The molecule has 1 aromatic heterocycles. The van der Waals surface area contributed by atoms with Gasteiger partial charge >= 0.3 is 6.18 Å². The third-order valence-corrected chi connectivity index (χ3v) is 3.31. The maximum Gasteiger partial charge on any atom is 0.416 e. The Labute approximate surface area is 139 Å². The molecular weight excluding hydrogens is 345 g/mol. The quantitative estimate of drug-likeness (QED) is 0.714. The van der Waals surface area contributed by atoms with Crippen molar-refractivity contribution in [3.05, 3.63) is 56.2 Å². The first kappa shape index (κ1) is 17.9. The van der Waals surface area contributed by atoms with Crippen LogP contribution in [-0.4, -0.2) is 21.1 Å². The van der Waals surface area contributed by atoms with Crippen LogP contribution in [0.4, 0.5) is 13.2 Å². The second-order valence-corrected chi connectivity index (χ2v) is 5.34. The number of aryl methyl sites for hydroxylation is 1. The molecule has 0 fully saturated rings. The van der Waals surface area contributed by atoms with Crippen LogP contribution in [-0.2, 0) is 23.9 Å². The number of rotatable bonds is 5. The molecule has 2 rings (SSSR count). The third kappa shape index (κ3) is 5.01. The van der Waals surface area contributed by atoms with Crippen molar-refractivity contribution < 1.29 is 18.0 Å². The third-order valence-electron chi connectivity index (χ3n) is 3.11. The molecule has 0 atom stereocenters. The molecule has 1 heterocycles. The van der Waals surface area contributed by atoms with Crippen LogP contribution in [0.15, 0.2) is 29.1 Å². The lowest BCUT2D eigenvalue weighted by molar-refractivity contribution is -0.137. The molecule has 0 aliphatic carbocycles. The van der Waals surface area contributed by atoms with Gasteiger partial charge in [-0.3, -0.25) is 19.7 Å². The van der Waals surface area contributed by atoms with E-state index < -0.39 is 23.2 Å². The molecule has 0 saturated carbocycles. The van der Waals surface area contributed by atoms with Crippen LogP contribution >= 0.6 is 12.2 Å². The summed E-state index contributed by atoms with van der Waals surface area (Å²) in [5, 5.41) is 8.64. The van der Waals surface area contributed by atoms with Gasteiger partial charge in [0.2, 0.25) is 5.91 Å². The molecule has 0 spiro atoms. The molecule has 128 valence electrons. The first-order chi connectivity index (χ1) is 11.3. The predicted octanol–water partition coefficient (Wildman–Crippen LogP) is 2.10. The Balaban J connectivity index is 1.89. The van der Waals surface area contributed by atoms with Gasteiger partial charge in [0.1, 0.15) is 5.69 Å². The van der Waals surface area contributed by atoms with Gasteiger partial charge in [-0.1, -0.05) is 12.1 Å². The number of aromatic nitrogens is 3. The van der Waals surface area contributed by atoms with Crippen molar-refractivity contribution in [2.45, 2.75) is 25.6 Å². The minimum atomic E-state index is -4.43. The Morgan fingerprint density at radius 2 is 2.08 bits per heavy atom. The highest BCUT2D eigenvalue weighted by molar-refractivity contribution is 7.71. The Morgan fingerprint density at radius 1 is 1.33 bits per heavy atom. The fourth-order valence-corrected chi connectivity index (χ4v) is 2.06. The summed E-state index contributed by atoms with van der Waals surface area (Å²) in [6.45, 7) is -0.0379. The highest BCUT2D eigenvalue weighted by atomic mass is 32.1. The van der Waals surface area contributed by atoms with Crippen LogP contribution in [0.5, 0.6) is 0 Å². The van der Waals surface area contributed by atoms with Gasteiger partial charge in [-0.15, -0.1) is 0 Å². The van der Waals surface area contributed by atoms with Crippen molar-refractivity contribution in [3.8, 4) is 0 Å². The average molecular weight is 358 g/mol. The molecule has 2 aromatic rings. The molecule has 0 unspecified atom stereocenters. The minimum absolute atomic E-state index is 0.0281. The second-order valence-electron chi connectivity index (χ2n) is 4.93. The van der Waals surface area contributed by atoms with E-state index in [1.807, 2.05) is 0 Å². The van der Waals surface area contributed by atoms with Crippen LogP contribution in [0.2, 0.25) is 0 Å². The lowest BCUT2D eigenvalue weighted by Gasteiger charge is -2.09. The topological polar surface area (TPSA) is 90.6 Å². The molecule has 3 N–H and O–H groups in total. The Hall–Kier alpha value is -2.49. The van der Waals surface area contributed by atoms with Gasteiger partial charge in [-0.25, -0.2) is 0 Å². The summed E-state index contributed by atoms with van der Waals surface area (Å²) in [5.41, 5.74) is -0.801. The highest BCUT2D eigenvalue weighted by Gasteiger charge is 2.30. The summed E-state index contributed by atoms with van der Waals surface area (Å²) in [6, 6.07) is 4.70. The first-order valence-electron chi connectivity index (χ1n) is 6.86. The Kier molecular flexibility index (Phi) is 5.50. The summed E-state index contributed by atoms with van der Waals surface area (Å²) in [7, 11) is 0. The number of hydrogen-bond acceptors (Lipinski definition) is 4. The zero-order valence-corrected chi connectivity index (χ0v) is 13.1. The van der Waals surface area contributed by atoms with E-state index in [4.69, 9.17) is 12.2 Å². The fourth-order valence-electron chi connectivity index (χ4n) is 1.92. The van der Waals surface area contributed by atoms with Crippen molar-refractivity contribution in [2.24, 2.45) is 0 Å². The van der Waals surface area contributed by atoms with E-state index in [9.17, 15) is 22.8 Å². The molecule has 0 aliphatic heterocycles. The van der Waals surface area contributed by atoms with E-state index in [-0.39, 0.29) is 29.9 Å². The maximum absolute atomic E-state index is 12.6. The van der Waals surface area contributed by atoms with Crippen LogP contribution in [0.25, 0.3) is 0 Å². The smallest absolute Gasteiger partial charge is 0.352 e. The molecular formula is C14H13F3N4O2S. The van der Waals surface area contributed by atoms with Gasteiger partial charge < -0.3 is 5.32 Å². The van der Waals surface area contributed by atoms with Gasteiger partial charge in [-0.2, -0.15) is 18.3 Å². The molecule has 0 aliphatic rings. The number of alkyl halides is 3. The number of amides is 1. The van der Waals surface area contributed by atoms with E-state index in [0.717, 1.165) is 12.1 Å². The standard InChI is InChI=1S/C14H13F3N4O2S/c15-14(16,17)9-3-1-2-8(6-9)7-18-11(22)5-4-10-12(23)19-13(24)21-20-10/h1-3,6H,4-5,7H2,(H,18,22)(H2,19,21,23,24). The molecule has 24 heavy (non-hydrogen) atoms. The zero-order valence-electron chi connectivity index (χ0n) is 12.2. The number of nitrogens with zero attached hydrogens (tertiary/aromatic N) is 1. The van der Waals surface area contributed by atoms with E-state index in [0.29, 0.717) is 5.56 Å². The molecule has 10 heteroatoms. The Morgan fingerprint density at radius 3 is 2.75 bits per heavy atom. The van der Waals surface area contributed by atoms with Gasteiger partial charge in [0.15, 0.2) is 4.77 Å². The lowest BCUT2D eigenvalue weighted by atomic mass is 10.1. The van der Waals surface area contributed by atoms with E-state index >= 15 is 0 Å². The fraction of sp³-hybridized carbons (Fsp3) is 0.286. The number of H-pyrrole nitrogens is 2. The van der Waals surface area contributed by atoms with Crippen LogP contribution in [0.1, 0.15) is 23.2 Å². The van der Waals surface area contributed by atoms with Crippen molar-refractivity contribution in [1.82, 2.24) is 20.5 Å². The van der Waals surface area contributed by atoms with Gasteiger partial charge in [0, 0.05) is 19.4 Å². The van der Waals surface area contributed by atoms with Crippen molar-refractivity contribution in [1.29, 1.82) is 0 Å².